The van der Waals surface area contributed by atoms with Gasteiger partial charge in [-0.3, -0.25) is 4.68 Å². The number of carbonyl (C=O) groups excluding carboxylic acids is 1. The van der Waals surface area contributed by atoms with Gasteiger partial charge < -0.3 is 15.4 Å². The number of nitrogens with two attached hydrogens (primary N) is 1. The number of aryl methyl sites for hydroxylation is 1. The summed E-state index contributed by atoms with van der Waals surface area (Å²) in [5.74, 6) is 0.700. The van der Waals surface area contributed by atoms with Crippen LogP contribution in [0.3, 0.4) is 0 Å². The second kappa shape index (κ2) is 5.77. The lowest BCUT2D eigenvalue weighted by atomic mass is 10.0. The molecule has 7 heteroatoms. The quantitative estimate of drug-likeness (QED) is 0.795. The van der Waals surface area contributed by atoms with Gasteiger partial charge in [0, 0.05) is 12.4 Å². The molecule has 4 rings (SSSR count). The average molecular weight is 340 g/mol. The van der Waals surface area contributed by atoms with Crippen molar-refractivity contribution in [2.75, 3.05) is 18.0 Å². The molecule has 0 unspecified atom stereocenters. The topological polar surface area (TPSA) is 73.4 Å². The van der Waals surface area contributed by atoms with Crippen LogP contribution >= 0.6 is 0 Å². The van der Waals surface area contributed by atoms with Crippen LogP contribution in [0.5, 0.6) is 0 Å². The van der Waals surface area contributed by atoms with Crippen molar-refractivity contribution in [1.82, 2.24) is 9.78 Å². The lowest BCUT2D eigenvalue weighted by molar-refractivity contribution is 0.0884. The molecule has 0 radical (unpaired) electrons. The van der Waals surface area contributed by atoms with Crippen molar-refractivity contribution >= 4 is 22.8 Å². The lowest BCUT2D eigenvalue weighted by Gasteiger charge is -2.39. The standard InChI is InChI=1S/C18H17FN4O2/c1-22-17(23-9-14(10-23)25-18(20)24)15-6-5-12(8-16(15)21-22)11-3-2-4-13(19)7-11/h2-8,14H,9-10H2,1H3,(H2,20,24). The summed E-state index contributed by atoms with van der Waals surface area (Å²) in [6, 6.07) is 12.4. The van der Waals surface area contributed by atoms with Crippen LogP contribution in [0.2, 0.25) is 0 Å². The number of primary amides is 1. The molecule has 3 aromatic rings. The number of halogens is 1. The van der Waals surface area contributed by atoms with Crippen LogP contribution in [0.15, 0.2) is 42.5 Å². The van der Waals surface area contributed by atoms with Gasteiger partial charge in [-0.25, -0.2) is 9.18 Å². The fourth-order valence-electron chi connectivity index (χ4n) is 3.26. The van der Waals surface area contributed by atoms with Crippen LogP contribution in [-0.4, -0.2) is 35.1 Å². The first-order chi connectivity index (χ1) is 12.0. The Bertz CT molecular complexity index is 963. The van der Waals surface area contributed by atoms with E-state index in [-0.39, 0.29) is 11.9 Å². The van der Waals surface area contributed by atoms with Crippen LogP contribution in [0.4, 0.5) is 15.0 Å². The van der Waals surface area contributed by atoms with Crippen molar-refractivity contribution in [2.45, 2.75) is 6.10 Å². The summed E-state index contributed by atoms with van der Waals surface area (Å²) in [4.78, 5) is 12.9. The molecule has 0 aliphatic carbocycles. The normalized spacial score (nSPS) is 14.6. The maximum absolute atomic E-state index is 13.5. The summed E-state index contributed by atoms with van der Waals surface area (Å²) >= 11 is 0. The number of anilines is 1. The van der Waals surface area contributed by atoms with E-state index in [2.05, 4.69) is 10.00 Å². The van der Waals surface area contributed by atoms with E-state index in [0.29, 0.717) is 13.1 Å². The van der Waals surface area contributed by atoms with Crippen molar-refractivity contribution < 1.29 is 13.9 Å². The zero-order valence-electron chi connectivity index (χ0n) is 13.6. The fourth-order valence-corrected chi connectivity index (χ4v) is 3.26. The molecule has 6 nitrogen and oxygen atoms in total. The van der Waals surface area contributed by atoms with Crippen molar-refractivity contribution in [3.63, 3.8) is 0 Å². The Kier molecular flexibility index (Phi) is 3.56. The Morgan fingerprint density at radius 2 is 2.00 bits per heavy atom. The molecule has 1 aliphatic heterocycles. The molecular weight excluding hydrogens is 323 g/mol. The molecule has 128 valence electrons. The number of amides is 1. The number of ether oxygens (including phenoxy) is 1. The van der Waals surface area contributed by atoms with Gasteiger partial charge in [0.1, 0.15) is 17.7 Å². The van der Waals surface area contributed by atoms with E-state index in [1.807, 2.05) is 31.3 Å². The number of rotatable bonds is 3. The minimum Gasteiger partial charge on any atom is -0.443 e. The van der Waals surface area contributed by atoms with Gasteiger partial charge >= 0.3 is 6.09 Å². The first-order valence-electron chi connectivity index (χ1n) is 7.95. The minimum absolute atomic E-state index is 0.186. The second-order valence-electron chi connectivity index (χ2n) is 6.15. The SMILES string of the molecule is Cn1nc2cc(-c3cccc(F)c3)ccc2c1N1CC(OC(N)=O)C1. The van der Waals surface area contributed by atoms with Gasteiger partial charge in [0.25, 0.3) is 0 Å². The van der Waals surface area contributed by atoms with Crippen LogP contribution < -0.4 is 10.6 Å². The van der Waals surface area contributed by atoms with E-state index in [1.54, 1.807) is 10.7 Å². The first kappa shape index (κ1) is 15.4. The lowest BCUT2D eigenvalue weighted by Crippen LogP contribution is -2.54. The molecule has 0 saturated carbocycles. The number of hydrogen-bond acceptors (Lipinski definition) is 4. The molecule has 2 N–H and O–H groups in total. The van der Waals surface area contributed by atoms with Gasteiger partial charge in [-0.05, 0) is 35.4 Å². The van der Waals surface area contributed by atoms with Crippen molar-refractivity contribution in [3.8, 4) is 11.1 Å². The summed E-state index contributed by atoms with van der Waals surface area (Å²) in [5, 5.41) is 5.56. The summed E-state index contributed by atoms with van der Waals surface area (Å²) < 4.78 is 20.2. The Labute approximate surface area is 143 Å². The van der Waals surface area contributed by atoms with Crippen LogP contribution in [0, 0.1) is 5.82 Å². The van der Waals surface area contributed by atoms with Gasteiger partial charge in [-0.15, -0.1) is 0 Å². The van der Waals surface area contributed by atoms with E-state index in [4.69, 9.17) is 10.5 Å². The van der Waals surface area contributed by atoms with E-state index >= 15 is 0 Å². The highest BCUT2D eigenvalue weighted by molar-refractivity contribution is 5.93. The number of benzene rings is 2. The largest absolute Gasteiger partial charge is 0.443 e. The van der Waals surface area contributed by atoms with Crippen molar-refractivity contribution in [1.29, 1.82) is 0 Å². The predicted octanol–water partition coefficient (Wildman–Crippen LogP) is 2.66. The molecule has 0 atom stereocenters. The second-order valence-corrected chi connectivity index (χ2v) is 6.15. The predicted molar refractivity (Wildman–Crippen MR) is 92.8 cm³/mol. The van der Waals surface area contributed by atoms with Crippen LogP contribution in [0.1, 0.15) is 0 Å². The van der Waals surface area contributed by atoms with Gasteiger partial charge in [0.05, 0.1) is 18.6 Å². The van der Waals surface area contributed by atoms with E-state index in [0.717, 1.165) is 27.8 Å². The van der Waals surface area contributed by atoms with Gasteiger partial charge in [0.15, 0.2) is 0 Å². The molecule has 2 aromatic carbocycles. The first-order valence-corrected chi connectivity index (χ1v) is 7.95. The number of hydrogen-bond donors (Lipinski definition) is 1. The third kappa shape index (κ3) is 2.77. The molecule has 0 spiro atoms. The summed E-state index contributed by atoms with van der Waals surface area (Å²) in [5.41, 5.74) is 7.60. The third-order valence-corrected chi connectivity index (χ3v) is 4.39. The monoisotopic (exact) mass is 340 g/mol. The third-order valence-electron chi connectivity index (χ3n) is 4.39. The molecule has 1 amide bonds. The molecule has 0 bridgehead atoms. The van der Waals surface area contributed by atoms with Crippen LogP contribution in [-0.2, 0) is 11.8 Å². The Balaban J connectivity index is 1.65. The summed E-state index contributed by atoms with van der Waals surface area (Å²) in [6.07, 6.45) is -0.937. The Hall–Kier alpha value is -3.09. The summed E-state index contributed by atoms with van der Waals surface area (Å²) in [7, 11) is 1.87. The highest BCUT2D eigenvalue weighted by Gasteiger charge is 2.32. The Morgan fingerprint density at radius 3 is 2.72 bits per heavy atom. The fraction of sp³-hybridized carbons (Fsp3) is 0.222. The van der Waals surface area contributed by atoms with Gasteiger partial charge in [-0.1, -0.05) is 18.2 Å². The zero-order chi connectivity index (χ0) is 17.6. The number of carbonyl (C=O) groups is 1. The maximum Gasteiger partial charge on any atom is 0.404 e. The highest BCUT2D eigenvalue weighted by Crippen LogP contribution is 2.33. The molecule has 1 aliphatic rings. The molecule has 1 aromatic heterocycles. The minimum atomic E-state index is -0.751. The molecule has 25 heavy (non-hydrogen) atoms. The molecule has 1 saturated heterocycles. The molecular formula is C18H17FN4O2. The number of aromatic nitrogens is 2. The average Bonchev–Trinajstić information content (AvgIpc) is 2.85. The van der Waals surface area contributed by atoms with E-state index in [9.17, 15) is 9.18 Å². The smallest absolute Gasteiger partial charge is 0.404 e. The highest BCUT2D eigenvalue weighted by atomic mass is 19.1. The number of fused-ring (bicyclic) bond motifs is 1. The van der Waals surface area contributed by atoms with Crippen molar-refractivity contribution in [2.24, 2.45) is 12.8 Å². The van der Waals surface area contributed by atoms with Gasteiger partial charge in [0.2, 0.25) is 0 Å². The summed E-state index contributed by atoms with van der Waals surface area (Å²) in [6.45, 7) is 1.17. The van der Waals surface area contributed by atoms with E-state index in [1.165, 1.54) is 12.1 Å². The van der Waals surface area contributed by atoms with Crippen molar-refractivity contribution in [3.05, 3.63) is 48.3 Å². The number of nitrogens with zero attached hydrogens (tertiary/aromatic N) is 3. The van der Waals surface area contributed by atoms with E-state index < -0.39 is 6.09 Å². The molecule has 2 heterocycles. The Morgan fingerprint density at radius 1 is 1.24 bits per heavy atom. The molecule has 1 fully saturated rings. The van der Waals surface area contributed by atoms with Crippen LogP contribution in [0.25, 0.3) is 22.0 Å². The zero-order valence-corrected chi connectivity index (χ0v) is 13.6. The van der Waals surface area contributed by atoms with Gasteiger partial charge in [-0.2, -0.15) is 5.10 Å². The maximum atomic E-state index is 13.5.